The monoisotopic (exact) mass is 372 g/mol. The van der Waals surface area contributed by atoms with Gasteiger partial charge in [-0.15, -0.1) is 11.3 Å². The lowest BCUT2D eigenvalue weighted by Gasteiger charge is -2.23. The van der Waals surface area contributed by atoms with Crippen LogP contribution in [0.5, 0.6) is 5.75 Å². The molecule has 0 saturated heterocycles. The van der Waals surface area contributed by atoms with E-state index in [1.54, 1.807) is 23.5 Å². The van der Waals surface area contributed by atoms with Gasteiger partial charge in [0.2, 0.25) is 0 Å². The zero-order chi connectivity index (χ0) is 17.0. The van der Waals surface area contributed by atoms with Crippen LogP contribution in [-0.4, -0.2) is 38.6 Å². The summed E-state index contributed by atoms with van der Waals surface area (Å²) in [6.07, 6.45) is 0. The third-order valence-electron chi connectivity index (χ3n) is 3.42. The Hall–Kier alpha value is -1.27. The lowest BCUT2D eigenvalue weighted by molar-refractivity contribution is 0.0942. The molecule has 0 radical (unpaired) electrons. The zero-order valence-electron chi connectivity index (χ0n) is 13.1. The topological polar surface area (TPSA) is 41.6 Å². The number of methoxy groups -OCH3 is 1. The normalized spacial score (nSPS) is 12.3. The fraction of sp³-hybridized carbons (Fsp3) is 0.312. The van der Waals surface area contributed by atoms with Crippen molar-refractivity contribution in [2.45, 2.75) is 6.04 Å². The van der Waals surface area contributed by atoms with E-state index in [1.165, 1.54) is 12.0 Å². The number of ether oxygens (including phenoxy) is 1. The van der Waals surface area contributed by atoms with E-state index in [0.29, 0.717) is 27.9 Å². The number of thiophene rings is 1. The van der Waals surface area contributed by atoms with Crippen LogP contribution in [0.25, 0.3) is 0 Å². The van der Waals surface area contributed by atoms with Crippen molar-refractivity contribution in [3.63, 3.8) is 0 Å². The van der Waals surface area contributed by atoms with Gasteiger partial charge in [0.05, 0.1) is 23.2 Å². The van der Waals surface area contributed by atoms with E-state index in [2.05, 4.69) is 16.3 Å². The summed E-state index contributed by atoms with van der Waals surface area (Å²) in [7, 11) is 5.45. The maximum atomic E-state index is 12.4. The van der Waals surface area contributed by atoms with Crippen molar-refractivity contribution in [1.82, 2.24) is 10.2 Å². The molecule has 124 valence electrons. The molecule has 0 fully saturated rings. The molecule has 0 aliphatic carbocycles. The molecule has 1 N–H and O–H groups in total. The first-order chi connectivity index (χ1) is 10.9. The van der Waals surface area contributed by atoms with Crippen LogP contribution >= 0.6 is 34.5 Å². The average Bonchev–Trinajstić information content (AvgIpc) is 3.00. The maximum Gasteiger partial charge on any atom is 0.251 e. The first-order valence-electron chi connectivity index (χ1n) is 6.95. The second-order valence-corrected chi connectivity index (χ2v) is 6.97. The fourth-order valence-corrected chi connectivity index (χ4v) is 3.76. The minimum absolute atomic E-state index is 0.114. The Morgan fingerprint density at radius 1 is 1.35 bits per heavy atom. The highest BCUT2D eigenvalue weighted by Crippen LogP contribution is 2.33. The minimum atomic E-state index is -0.222. The molecular formula is C16H18Cl2N2O2S. The first kappa shape index (κ1) is 18.1. The van der Waals surface area contributed by atoms with Crippen molar-refractivity contribution in [3.8, 4) is 5.75 Å². The molecule has 1 heterocycles. The Labute approximate surface area is 150 Å². The standard InChI is InChI=1S/C16H18Cl2N2O2S/c1-20(2)13(14-5-4-6-23-14)9-19-16(21)10-7-11(17)15(22-3)12(18)8-10/h4-8,13H,9H2,1-3H3,(H,19,21)/t13-/m1/s1. The molecule has 0 saturated carbocycles. The maximum absolute atomic E-state index is 12.4. The van der Waals surface area contributed by atoms with E-state index >= 15 is 0 Å². The summed E-state index contributed by atoms with van der Waals surface area (Å²) in [5.41, 5.74) is 0.407. The zero-order valence-corrected chi connectivity index (χ0v) is 15.4. The third kappa shape index (κ3) is 4.38. The van der Waals surface area contributed by atoms with Gasteiger partial charge in [-0.05, 0) is 37.7 Å². The summed E-state index contributed by atoms with van der Waals surface area (Å²) in [6, 6.07) is 7.28. The van der Waals surface area contributed by atoms with Crippen LogP contribution in [0.4, 0.5) is 0 Å². The van der Waals surface area contributed by atoms with Gasteiger partial charge in [-0.2, -0.15) is 0 Å². The largest absolute Gasteiger partial charge is 0.494 e. The van der Waals surface area contributed by atoms with Crippen molar-refractivity contribution in [1.29, 1.82) is 0 Å². The number of carbonyl (C=O) groups is 1. The summed E-state index contributed by atoms with van der Waals surface area (Å²) in [5, 5.41) is 5.58. The number of hydrogen-bond acceptors (Lipinski definition) is 4. The second kappa shape index (κ2) is 8.02. The summed E-state index contributed by atoms with van der Waals surface area (Å²) >= 11 is 13.8. The Morgan fingerprint density at radius 2 is 2.00 bits per heavy atom. The molecule has 4 nitrogen and oxygen atoms in total. The molecule has 0 unspecified atom stereocenters. The fourth-order valence-electron chi connectivity index (χ4n) is 2.20. The molecule has 1 aromatic heterocycles. The number of benzene rings is 1. The van der Waals surface area contributed by atoms with Gasteiger partial charge in [0.25, 0.3) is 5.91 Å². The highest BCUT2D eigenvalue weighted by Gasteiger charge is 2.18. The van der Waals surface area contributed by atoms with Gasteiger partial charge < -0.3 is 15.0 Å². The molecule has 1 atom stereocenters. The van der Waals surface area contributed by atoms with Crippen LogP contribution in [0.2, 0.25) is 10.0 Å². The molecule has 0 spiro atoms. The van der Waals surface area contributed by atoms with Crippen LogP contribution in [0.3, 0.4) is 0 Å². The summed E-state index contributed by atoms with van der Waals surface area (Å²) in [6.45, 7) is 0.494. The predicted molar refractivity (Wildman–Crippen MR) is 96.1 cm³/mol. The third-order valence-corrected chi connectivity index (χ3v) is 4.95. The number of rotatable bonds is 6. The van der Waals surface area contributed by atoms with Gasteiger partial charge >= 0.3 is 0 Å². The van der Waals surface area contributed by atoms with E-state index in [4.69, 9.17) is 27.9 Å². The smallest absolute Gasteiger partial charge is 0.251 e. The lowest BCUT2D eigenvalue weighted by Crippen LogP contribution is -2.34. The number of nitrogens with zero attached hydrogens (tertiary/aromatic N) is 1. The molecule has 2 rings (SSSR count). The molecular weight excluding hydrogens is 355 g/mol. The van der Waals surface area contributed by atoms with Gasteiger partial charge in [0.1, 0.15) is 0 Å². The first-order valence-corrected chi connectivity index (χ1v) is 8.58. The summed E-state index contributed by atoms with van der Waals surface area (Å²) < 4.78 is 5.09. The predicted octanol–water partition coefficient (Wildman–Crippen LogP) is 4.10. The van der Waals surface area contributed by atoms with Crippen molar-refractivity contribution < 1.29 is 9.53 Å². The van der Waals surface area contributed by atoms with Crippen molar-refractivity contribution in [2.24, 2.45) is 0 Å². The van der Waals surface area contributed by atoms with E-state index in [1.807, 2.05) is 25.5 Å². The van der Waals surface area contributed by atoms with Gasteiger partial charge in [-0.25, -0.2) is 0 Å². The molecule has 0 aliphatic heterocycles. The molecule has 0 bridgehead atoms. The van der Waals surface area contributed by atoms with E-state index in [9.17, 15) is 4.79 Å². The lowest BCUT2D eigenvalue weighted by atomic mass is 10.1. The van der Waals surface area contributed by atoms with Gasteiger partial charge in [-0.1, -0.05) is 29.3 Å². The SMILES string of the molecule is COc1c(Cl)cc(C(=O)NC[C@H](c2cccs2)N(C)C)cc1Cl. The Morgan fingerprint density at radius 3 is 2.48 bits per heavy atom. The summed E-state index contributed by atoms with van der Waals surface area (Å²) in [5.74, 6) is 0.148. The molecule has 2 aromatic rings. The highest BCUT2D eigenvalue weighted by molar-refractivity contribution is 7.10. The van der Waals surface area contributed by atoms with Crippen LogP contribution in [-0.2, 0) is 0 Å². The molecule has 23 heavy (non-hydrogen) atoms. The van der Waals surface area contributed by atoms with Crippen LogP contribution < -0.4 is 10.1 Å². The number of likely N-dealkylation sites (N-methyl/N-ethyl adjacent to an activating group) is 1. The highest BCUT2D eigenvalue weighted by atomic mass is 35.5. The Balaban J connectivity index is 2.10. The van der Waals surface area contributed by atoms with Crippen LogP contribution in [0, 0.1) is 0 Å². The van der Waals surface area contributed by atoms with Crippen molar-refractivity contribution >= 4 is 40.4 Å². The summed E-state index contributed by atoms with van der Waals surface area (Å²) in [4.78, 5) is 15.6. The number of carbonyl (C=O) groups excluding carboxylic acids is 1. The number of hydrogen-bond donors (Lipinski definition) is 1. The minimum Gasteiger partial charge on any atom is -0.494 e. The second-order valence-electron chi connectivity index (χ2n) is 5.18. The van der Waals surface area contributed by atoms with E-state index in [0.717, 1.165) is 0 Å². The quantitative estimate of drug-likeness (QED) is 0.829. The van der Waals surface area contributed by atoms with E-state index in [-0.39, 0.29) is 11.9 Å². The number of nitrogens with one attached hydrogen (secondary N) is 1. The Bertz CT molecular complexity index is 652. The van der Waals surface area contributed by atoms with Crippen molar-refractivity contribution in [3.05, 3.63) is 50.1 Å². The van der Waals surface area contributed by atoms with E-state index < -0.39 is 0 Å². The van der Waals surface area contributed by atoms with Crippen molar-refractivity contribution in [2.75, 3.05) is 27.7 Å². The van der Waals surface area contributed by atoms with Gasteiger partial charge in [0, 0.05) is 17.0 Å². The molecule has 1 amide bonds. The molecule has 0 aliphatic rings. The number of halogens is 2. The molecule has 1 aromatic carbocycles. The molecule has 7 heteroatoms. The van der Waals surface area contributed by atoms with Gasteiger partial charge in [0.15, 0.2) is 5.75 Å². The van der Waals surface area contributed by atoms with Crippen LogP contribution in [0.1, 0.15) is 21.3 Å². The van der Waals surface area contributed by atoms with Crippen LogP contribution in [0.15, 0.2) is 29.6 Å². The average molecular weight is 373 g/mol. The number of amides is 1. The Kier molecular flexibility index (Phi) is 6.30. The van der Waals surface area contributed by atoms with Gasteiger partial charge in [-0.3, -0.25) is 4.79 Å².